The molecule has 0 bridgehead atoms. The third kappa shape index (κ3) is 4.67. The smallest absolute Gasteiger partial charge is 0.238 e. The van der Waals surface area contributed by atoms with Gasteiger partial charge in [0.25, 0.3) is 0 Å². The van der Waals surface area contributed by atoms with Gasteiger partial charge in [-0.2, -0.15) is 9.97 Å². The van der Waals surface area contributed by atoms with Crippen LogP contribution in [-0.4, -0.2) is 19.5 Å². The van der Waals surface area contributed by atoms with Crippen molar-refractivity contribution in [2.75, 3.05) is 0 Å². The number of benzene rings is 7. The molecule has 0 N–H and O–H groups in total. The minimum absolute atomic E-state index is 0.0597. The summed E-state index contributed by atoms with van der Waals surface area (Å²) in [6.07, 6.45) is 0. The first-order chi connectivity index (χ1) is 28.9. The van der Waals surface area contributed by atoms with E-state index in [0.29, 0.717) is 11.1 Å². The van der Waals surface area contributed by atoms with E-state index in [0.717, 1.165) is 22.3 Å². The molecule has 0 aliphatic rings. The molecule has 0 amide bonds. The molecule has 5 heteroatoms. The van der Waals surface area contributed by atoms with E-state index in [1.165, 1.54) is 4.57 Å². The zero-order valence-electron chi connectivity index (χ0n) is 36.1. The predicted molar refractivity (Wildman–Crippen MR) is 203 cm³/mol. The van der Waals surface area contributed by atoms with Crippen molar-refractivity contribution < 1.29 is 18.1 Å². The van der Waals surface area contributed by atoms with Gasteiger partial charge in [0.1, 0.15) is 11.2 Å². The summed E-state index contributed by atoms with van der Waals surface area (Å²) in [5.41, 5.74) is 4.76. The van der Waals surface area contributed by atoms with Crippen molar-refractivity contribution >= 4 is 43.7 Å². The first-order valence-electron chi connectivity index (χ1n) is 20.9. The van der Waals surface area contributed by atoms with Gasteiger partial charge in [-0.05, 0) is 40.4 Å². The Morgan fingerprint density at radius 3 is 1.60 bits per heavy atom. The van der Waals surface area contributed by atoms with Crippen molar-refractivity contribution in [3.63, 3.8) is 0 Å². The average molecular weight is 651 g/mol. The highest BCUT2D eigenvalue weighted by Crippen LogP contribution is 2.38. The van der Waals surface area contributed by atoms with Crippen molar-refractivity contribution in [1.82, 2.24) is 19.5 Å². The van der Waals surface area contributed by atoms with Gasteiger partial charge in [-0.3, -0.25) is 4.57 Å². The summed E-state index contributed by atoms with van der Waals surface area (Å²) in [6, 6.07) is 30.3. The summed E-state index contributed by atoms with van der Waals surface area (Å²) in [6.45, 7) is 0. The normalized spacial score (nSPS) is 14.4. The lowest BCUT2D eigenvalue weighted by Crippen LogP contribution is -2.06. The summed E-state index contributed by atoms with van der Waals surface area (Å²) in [7, 11) is 0. The molecule has 0 atom stereocenters. The van der Waals surface area contributed by atoms with Crippen molar-refractivity contribution in [3.05, 3.63) is 170 Å². The van der Waals surface area contributed by atoms with Crippen molar-refractivity contribution in [2.24, 2.45) is 0 Å². The molecule has 7 aromatic carbocycles. The Kier molecular flexibility index (Phi) is 4.52. The van der Waals surface area contributed by atoms with Crippen LogP contribution in [0.2, 0.25) is 0 Å². The van der Waals surface area contributed by atoms with Crippen molar-refractivity contribution in [1.29, 1.82) is 0 Å². The third-order valence-electron chi connectivity index (χ3n) is 8.74. The van der Waals surface area contributed by atoms with Crippen LogP contribution in [0, 0.1) is 0 Å². The van der Waals surface area contributed by atoms with Crippen LogP contribution in [0.15, 0.2) is 174 Å². The fraction of sp³-hybridized carbons (Fsp3) is 0. The lowest BCUT2D eigenvalue weighted by Gasteiger charge is -2.11. The molecule has 0 radical (unpaired) electrons. The summed E-state index contributed by atoms with van der Waals surface area (Å²) in [5.74, 6) is 0.363. The Labute approximate surface area is 301 Å². The maximum Gasteiger partial charge on any atom is 0.238 e. The quantitative estimate of drug-likeness (QED) is 0.186. The van der Waals surface area contributed by atoms with E-state index in [4.69, 9.17) is 30.3 Å². The van der Waals surface area contributed by atoms with Gasteiger partial charge >= 0.3 is 0 Å². The van der Waals surface area contributed by atoms with Crippen LogP contribution in [0.1, 0.15) is 13.7 Å². The number of fused-ring (bicyclic) bond motifs is 6. The molecule has 0 aliphatic heterocycles. The number of rotatable bonds is 5. The minimum Gasteiger partial charge on any atom is -0.456 e. The van der Waals surface area contributed by atoms with E-state index >= 15 is 0 Å². The van der Waals surface area contributed by atoms with Gasteiger partial charge in [0, 0.05) is 38.7 Å². The predicted octanol–water partition coefficient (Wildman–Crippen LogP) is 11.5. The second-order valence-corrected chi connectivity index (χ2v) is 11.7. The molecule has 3 heterocycles. The molecular formula is C45H28N4O. The van der Waals surface area contributed by atoms with E-state index < -0.39 is 48.3 Å². The van der Waals surface area contributed by atoms with Gasteiger partial charge in [0.2, 0.25) is 5.95 Å². The first-order valence-corrected chi connectivity index (χ1v) is 15.9. The number of hydrogen-bond acceptors (Lipinski definition) is 4. The highest BCUT2D eigenvalue weighted by molar-refractivity contribution is 6.17. The Hall–Kier alpha value is -6.85. The topological polar surface area (TPSA) is 56.7 Å². The molecule has 10 aromatic rings. The lowest BCUT2D eigenvalue weighted by atomic mass is 9.99. The van der Waals surface area contributed by atoms with E-state index in [2.05, 4.69) is 36.4 Å². The van der Waals surface area contributed by atoms with E-state index in [1.54, 1.807) is 0 Å². The minimum atomic E-state index is -0.562. The molecule has 0 spiro atoms. The summed E-state index contributed by atoms with van der Waals surface area (Å²) in [4.78, 5) is 14.6. The standard InChI is InChI=1S/C45H28N4O/c1-3-11-29(12-4-1)30-19-21-31(22-20-30)32-23-25-34(26-24-32)44-46-43(33-13-5-2-6-14-33)47-45(48-44)49-39-17-9-7-15-35(39)37-27-38-36-16-8-10-18-41(36)50-42(38)28-40(37)49/h1-28H/i7D,8D,9D,10D,15D,16D,17D,18D,27D,28D. The molecule has 50 heavy (non-hydrogen) atoms. The van der Waals surface area contributed by atoms with Crippen LogP contribution in [0.5, 0.6) is 0 Å². The average Bonchev–Trinajstić information content (AvgIpc) is 3.88. The van der Waals surface area contributed by atoms with Crippen LogP contribution in [0.3, 0.4) is 0 Å². The molecule has 0 aliphatic carbocycles. The highest BCUT2D eigenvalue weighted by atomic mass is 16.3. The van der Waals surface area contributed by atoms with Gasteiger partial charge in [-0.1, -0.05) is 145 Å². The Morgan fingerprint density at radius 1 is 0.420 bits per heavy atom. The van der Waals surface area contributed by atoms with E-state index in [9.17, 15) is 2.74 Å². The van der Waals surface area contributed by atoms with Crippen LogP contribution in [0.4, 0.5) is 0 Å². The monoisotopic (exact) mass is 650 g/mol. The molecule has 0 saturated carbocycles. The molecule has 5 nitrogen and oxygen atoms in total. The van der Waals surface area contributed by atoms with Crippen LogP contribution in [-0.2, 0) is 0 Å². The Bertz CT molecular complexity index is 3410. The Morgan fingerprint density at radius 2 is 0.940 bits per heavy atom. The number of aromatic nitrogens is 4. The summed E-state index contributed by atoms with van der Waals surface area (Å²) >= 11 is 0. The molecule has 10 rings (SSSR count). The summed E-state index contributed by atoms with van der Waals surface area (Å²) < 4.78 is 95.8. The zero-order valence-corrected chi connectivity index (χ0v) is 26.1. The lowest BCUT2D eigenvalue weighted by molar-refractivity contribution is 0.669. The van der Waals surface area contributed by atoms with Crippen LogP contribution >= 0.6 is 0 Å². The number of furan rings is 1. The second-order valence-electron chi connectivity index (χ2n) is 11.7. The van der Waals surface area contributed by atoms with Gasteiger partial charge in [0.05, 0.1) is 24.7 Å². The van der Waals surface area contributed by atoms with Crippen LogP contribution in [0.25, 0.3) is 94.7 Å². The van der Waals surface area contributed by atoms with Crippen LogP contribution < -0.4 is 0 Å². The molecule has 0 fully saturated rings. The largest absolute Gasteiger partial charge is 0.456 e. The number of para-hydroxylation sites is 2. The van der Waals surface area contributed by atoms with E-state index in [-0.39, 0.29) is 73.4 Å². The van der Waals surface area contributed by atoms with Gasteiger partial charge in [-0.15, -0.1) is 0 Å². The number of hydrogen-bond donors (Lipinski definition) is 0. The molecule has 234 valence electrons. The summed E-state index contributed by atoms with van der Waals surface area (Å²) in [5, 5.41) is -0.340. The third-order valence-corrected chi connectivity index (χ3v) is 8.74. The molecular weight excluding hydrogens is 613 g/mol. The van der Waals surface area contributed by atoms with Gasteiger partial charge in [0.15, 0.2) is 11.6 Å². The molecule has 0 unspecified atom stereocenters. The van der Waals surface area contributed by atoms with Gasteiger partial charge < -0.3 is 4.42 Å². The molecule has 0 saturated heterocycles. The highest BCUT2D eigenvalue weighted by Gasteiger charge is 2.20. The van der Waals surface area contributed by atoms with Crippen molar-refractivity contribution in [3.8, 4) is 51.0 Å². The molecule has 3 aromatic heterocycles. The Balaban J connectivity index is 1.24. The zero-order chi connectivity index (χ0) is 41.7. The second kappa shape index (κ2) is 11.4. The first kappa shape index (κ1) is 19.8. The van der Waals surface area contributed by atoms with Gasteiger partial charge in [-0.25, -0.2) is 4.98 Å². The number of nitrogens with zero attached hydrogens (tertiary/aromatic N) is 4. The maximum absolute atomic E-state index is 9.58. The van der Waals surface area contributed by atoms with Crippen molar-refractivity contribution in [2.45, 2.75) is 0 Å². The fourth-order valence-corrected chi connectivity index (χ4v) is 6.30. The fourth-order valence-electron chi connectivity index (χ4n) is 6.30. The van der Waals surface area contributed by atoms with E-state index in [1.807, 2.05) is 72.8 Å². The SMILES string of the molecule is [2H]c1c([2H])c([2H])c2c(oc3c([2H])c4c(c([2H])c32)c2c([2H])c([2H])c([2H])c([2H])c2n4-c2nc(-c3ccccc3)nc(-c3ccc(-c4ccc(-c5ccccc5)cc4)cc3)n2)c1[2H]. The maximum atomic E-state index is 9.58.